The molecule has 0 bridgehead atoms. The summed E-state index contributed by atoms with van der Waals surface area (Å²) in [4.78, 5) is 27.1. The molecule has 0 radical (unpaired) electrons. The molecule has 0 spiro atoms. The molecule has 3 aromatic rings. The Hall–Kier alpha value is -2.93. The van der Waals surface area contributed by atoms with Crippen LogP contribution in [0.15, 0.2) is 42.7 Å². The minimum atomic E-state index is -0.544. The van der Waals surface area contributed by atoms with Gasteiger partial charge in [-0.1, -0.05) is 18.2 Å². The fourth-order valence-corrected chi connectivity index (χ4v) is 3.21. The lowest BCUT2D eigenvalue weighted by atomic mass is 10.2. The van der Waals surface area contributed by atoms with E-state index in [9.17, 15) is 4.79 Å². The van der Waals surface area contributed by atoms with Crippen LogP contribution in [0.4, 0.5) is 4.79 Å². The standard InChI is InChI=1S/C20H20ClN5O2/c1-20(2,3)28-19(27)25-10-9-13(12-25)16-23-15-11-22-18(21)24-17(15)26(16)14-7-5-4-6-8-14/h4-8,11-12H,9-10H2,1-3H3. The summed E-state index contributed by atoms with van der Waals surface area (Å²) in [5, 5.41) is 0.159. The van der Waals surface area contributed by atoms with E-state index in [2.05, 4.69) is 9.97 Å². The number of nitrogens with zero attached hydrogens (tertiary/aromatic N) is 5. The SMILES string of the molecule is CC(C)(C)OC(=O)N1C=C(c2nc3cnc(Cl)nc3n2-c2ccccc2)CC1. The summed E-state index contributed by atoms with van der Waals surface area (Å²) in [6.07, 6.45) is 3.70. The number of ether oxygens (including phenoxy) is 1. The molecule has 28 heavy (non-hydrogen) atoms. The van der Waals surface area contributed by atoms with Crippen molar-refractivity contribution >= 4 is 34.4 Å². The number of fused-ring (bicyclic) bond motifs is 1. The zero-order valence-corrected chi connectivity index (χ0v) is 16.6. The predicted molar refractivity (Wildman–Crippen MR) is 107 cm³/mol. The van der Waals surface area contributed by atoms with Crippen molar-refractivity contribution in [1.82, 2.24) is 24.4 Å². The summed E-state index contributed by atoms with van der Waals surface area (Å²) < 4.78 is 7.41. The second-order valence-corrected chi connectivity index (χ2v) is 7.87. The van der Waals surface area contributed by atoms with Gasteiger partial charge in [-0.3, -0.25) is 9.47 Å². The van der Waals surface area contributed by atoms with Gasteiger partial charge in [0, 0.05) is 24.0 Å². The van der Waals surface area contributed by atoms with Crippen molar-refractivity contribution < 1.29 is 9.53 Å². The van der Waals surface area contributed by atoms with Gasteiger partial charge < -0.3 is 4.74 Å². The lowest BCUT2D eigenvalue weighted by Gasteiger charge is -2.23. The Kier molecular flexibility index (Phi) is 4.55. The maximum Gasteiger partial charge on any atom is 0.414 e. The number of halogens is 1. The summed E-state index contributed by atoms with van der Waals surface area (Å²) in [7, 11) is 0. The Balaban J connectivity index is 1.79. The quantitative estimate of drug-likeness (QED) is 0.597. The Morgan fingerprint density at radius 1 is 1.18 bits per heavy atom. The molecule has 1 aliphatic rings. The number of benzene rings is 1. The van der Waals surface area contributed by atoms with Crippen LogP contribution in [-0.2, 0) is 4.74 Å². The van der Waals surface area contributed by atoms with Crippen LogP contribution in [0.3, 0.4) is 0 Å². The van der Waals surface area contributed by atoms with Gasteiger partial charge in [0.2, 0.25) is 5.28 Å². The molecule has 144 valence electrons. The monoisotopic (exact) mass is 397 g/mol. The molecule has 0 saturated heterocycles. The predicted octanol–water partition coefficient (Wildman–Crippen LogP) is 4.45. The van der Waals surface area contributed by atoms with Gasteiger partial charge in [0.15, 0.2) is 5.65 Å². The van der Waals surface area contributed by atoms with Crippen molar-refractivity contribution in [1.29, 1.82) is 0 Å². The lowest BCUT2D eigenvalue weighted by molar-refractivity contribution is 0.0349. The first-order chi connectivity index (χ1) is 13.3. The van der Waals surface area contributed by atoms with Crippen LogP contribution in [0.25, 0.3) is 22.4 Å². The molecule has 0 saturated carbocycles. The summed E-state index contributed by atoms with van der Waals surface area (Å²) in [5.41, 5.74) is 2.55. The zero-order chi connectivity index (χ0) is 19.9. The number of hydrogen-bond donors (Lipinski definition) is 0. The molecule has 2 aromatic heterocycles. The van der Waals surface area contributed by atoms with E-state index >= 15 is 0 Å². The van der Waals surface area contributed by atoms with Gasteiger partial charge in [-0.25, -0.2) is 14.8 Å². The highest BCUT2D eigenvalue weighted by Gasteiger charge is 2.27. The summed E-state index contributed by atoms with van der Waals surface area (Å²) in [6, 6.07) is 9.79. The smallest absolute Gasteiger partial charge is 0.414 e. The van der Waals surface area contributed by atoms with Crippen molar-refractivity contribution in [2.24, 2.45) is 0 Å². The van der Waals surface area contributed by atoms with Gasteiger partial charge in [-0.05, 0) is 50.9 Å². The lowest BCUT2D eigenvalue weighted by Crippen LogP contribution is -2.32. The average Bonchev–Trinajstić information content (AvgIpc) is 3.25. The molecule has 0 aliphatic carbocycles. The van der Waals surface area contributed by atoms with Crippen molar-refractivity contribution in [3.8, 4) is 5.69 Å². The number of amides is 1. The number of para-hydroxylation sites is 1. The van der Waals surface area contributed by atoms with Crippen LogP contribution in [0.2, 0.25) is 5.28 Å². The molecule has 7 nitrogen and oxygen atoms in total. The van der Waals surface area contributed by atoms with Crippen molar-refractivity contribution in [3.05, 3.63) is 53.8 Å². The van der Waals surface area contributed by atoms with E-state index in [1.54, 1.807) is 17.3 Å². The second-order valence-electron chi connectivity index (χ2n) is 7.53. The number of carbonyl (C=O) groups is 1. The topological polar surface area (TPSA) is 73.1 Å². The highest BCUT2D eigenvalue weighted by atomic mass is 35.5. The minimum absolute atomic E-state index is 0.159. The van der Waals surface area contributed by atoms with Crippen molar-refractivity contribution in [2.45, 2.75) is 32.8 Å². The first kappa shape index (κ1) is 18.4. The molecule has 1 amide bonds. The van der Waals surface area contributed by atoms with Crippen LogP contribution in [-0.4, -0.2) is 42.7 Å². The van der Waals surface area contributed by atoms with Gasteiger partial charge in [-0.2, -0.15) is 4.98 Å². The molecule has 0 atom stereocenters. The van der Waals surface area contributed by atoms with Gasteiger partial charge in [-0.15, -0.1) is 0 Å². The van der Waals surface area contributed by atoms with E-state index in [-0.39, 0.29) is 11.4 Å². The number of imidazole rings is 1. The van der Waals surface area contributed by atoms with Gasteiger partial charge in [0.1, 0.15) is 16.9 Å². The van der Waals surface area contributed by atoms with Crippen LogP contribution < -0.4 is 0 Å². The van der Waals surface area contributed by atoms with E-state index in [1.807, 2.05) is 55.7 Å². The van der Waals surface area contributed by atoms with Gasteiger partial charge >= 0.3 is 6.09 Å². The fourth-order valence-electron chi connectivity index (χ4n) is 3.08. The third-order valence-electron chi connectivity index (χ3n) is 4.23. The largest absolute Gasteiger partial charge is 0.443 e. The fraction of sp³-hybridized carbons (Fsp3) is 0.300. The summed E-state index contributed by atoms with van der Waals surface area (Å²) >= 11 is 6.03. The Morgan fingerprint density at radius 3 is 2.64 bits per heavy atom. The normalized spacial score (nSPS) is 14.4. The van der Waals surface area contributed by atoms with Gasteiger partial charge in [0.25, 0.3) is 0 Å². The molecule has 3 heterocycles. The summed E-state index contributed by atoms with van der Waals surface area (Å²) in [5.74, 6) is 0.712. The molecular formula is C20H20ClN5O2. The Morgan fingerprint density at radius 2 is 1.93 bits per heavy atom. The average molecular weight is 398 g/mol. The van der Waals surface area contributed by atoms with E-state index in [0.717, 1.165) is 11.3 Å². The van der Waals surface area contributed by atoms with Crippen molar-refractivity contribution in [3.63, 3.8) is 0 Å². The molecule has 0 N–H and O–H groups in total. The van der Waals surface area contributed by atoms with Gasteiger partial charge in [0.05, 0.1) is 6.20 Å². The van der Waals surface area contributed by atoms with E-state index in [4.69, 9.17) is 21.3 Å². The Labute approximate surface area is 167 Å². The van der Waals surface area contributed by atoms with Crippen molar-refractivity contribution in [2.75, 3.05) is 6.54 Å². The number of hydrogen-bond acceptors (Lipinski definition) is 5. The third kappa shape index (κ3) is 3.57. The maximum absolute atomic E-state index is 12.4. The molecule has 1 aliphatic heterocycles. The first-order valence-corrected chi connectivity index (χ1v) is 9.37. The van der Waals surface area contributed by atoms with Crippen LogP contribution in [0, 0.1) is 0 Å². The van der Waals surface area contributed by atoms with Crippen LogP contribution in [0.5, 0.6) is 0 Å². The molecule has 1 aromatic carbocycles. The van der Waals surface area contributed by atoms with E-state index in [1.165, 1.54) is 0 Å². The molecule has 0 unspecified atom stereocenters. The summed E-state index contributed by atoms with van der Waals surface area (Å²) in [6.45, 7) is 6.09. The highest BCUT2D eigenvalue weighted by Crippen LogP contribution is 2.30. The highest BCUT2D eigenvalue weighted by molar-refractivity contribution is 6.28. The van der Waals surface area contributed by atoms with Crippen LogP contribution in [0.1, 0.15) is 33.0 Å². The number of rotatable bonds is 2. The second kappa shape index (κ2) is 6.91. The molecular weight excluding hydrogens is 378 g/mol. The minimum Gasteiger partial charge on any atom is -0.443 e. The van der Waals surface area contributed by atoms with E-state index < -0.39 is 5.60 Å². The number of aromatic nitrogens is 4. The molecule has 0 fully saturated rings. The Bertz CT molecular complexity index is 1070. The molecule has 8 heteroatoms. The zero-order valence-electron chi connectivity index (χ0n) is 15.9. The first-order valence-electron chi connectivity index (χ1n) is 8.99. The molecule has 4 rings (SSSR count). The third-order valence-corrected chi connectivity index (χ3v) is 4.42. The maximum atomic E-state index is 12.4. The number of carbonyl (C=O) groups excluding carboxylic acids is 1. The van der Waals surface area contributed by atoms with E-state index in [0.29, 0.717) is 30.0 Å². The van der Waals surface area contributed by atoms with Crippen LogP contribution >= 0.6 is 11.6 Å².